The number of aromatic nitrogens is 2. The highest BCUT2D eigenvalue weighted by molar-refractivity contribution is 5.54. The lowest BCUT2D eigenvalue weighted by Crippen LogP contribution is -2.07. The molecule has 0 saturated heterocycles. The topological polar surface area (TPSA) is 106 Å². The Hall–Kier alpha value is -2.64. The fourth-order valence-corrected chi connectivity index (χ4v) is 1.71. The van der Waals surface area contributed by atoms with Crippen LogP contribution in [0.1, 0.15) is 25.0 Å². The first kappa shape index (κ1) is 14.8. The Balaban J connectivity index is 2.12. The maximum absolute atomic E-state index is 10.9. The molecule has 0 aliphatic carbocycles. The molecule has 0 fully saturated rings. The molecule has 0 bridgehead atoms. The molecule has 0 atom stereocenters. The van der Waals surface area contributed by atoms with Crippen molar-refractivity contribution in [1.29, 1.82) is 0 Å². The van der Waals surface area contributed by atoms with E-state index in [0.29, 0.717) is 36.4 Å². The van der Waals surface area contributed by atoms with E-state index in [1.54, 1.807) is 13.1 Å². The average Bonchev–Trinajstić information content (AvgIpc) is 2.88. The van der Waals surface area contributed by atoms with Gasteiger partial charge in [0, 0.05) is 6.54 Å². The second-order valence-electron chi connectivity index (χ2n) is 4.50. The van der Waals surface area contributed by atoms with E-state index >= 15 is 0 Å². The third-order valence-corrected chi connectivity index (χ3v) is 2.67. The van der Waals surface area contributed by atoms with Gasteiger partial charge in [0.15, 0.2) is 0 Å². The zero-order valence-corrected chi connectivity index (χ0v) is 11.9. The Morgan fingerprint density at radius 1 is 1.33 bits per heavy atom. The Kier molecular flexibility index (Phi) is 4.70. The number of rotatable bonds is 7. The molecule has 0 radical (unpaired) electrons. The highest BCUT2D eigenvalue weighted by Crippen LogP contribution is 2.21. The van der Waals surface area contributed by atoms with E-state index in [1.807, 2.05) is 6.92 Å². The molecular formula is C13H17N5O3. The molecule has 0 aliphatic rings. The van der Waals surface area contributed by atoms with Gasteiger partial charge in [-0.25, -0.2) is 9.97 Å². The lowest BCUT2D eigenvalue weighted by Gasteiger charge is -2.08. The molecule has 0 saturated carbocycles. The summed E-state index contributed by atoms with van der Waals surface area (Å²) in [6.07, 6.45) is 2.52. The van der Waals surface area contributed by atoms with Crippen molar-refractivity contribution in [2.24, 2.45) is 0 Å². The predicted molar refractivity (Wildman–Crippen MR) is 78.2 cm³/mol. The maximum Gasteiger partial charge on any atom is 0.276 e. The van der Waals surface area contributed by atoms with Crippen LogP contribution in [-0.4, -0.2) is 21.4 Å². The van der Waals surface area contributed by atoms with E-state index in [9.17, 15) is 10.1 Å². The third-order valence-electron chi connectivity index (χ3n) is 2.67. The molecule has 0 aliphatic heterocycles. The highest BCUT2D eigenvalue weighted by Gasteiger charge is 2.11. The van der Waals surface area contributed by atoms with Gasteiger partial charge in [0.25, 0.3) is 5.69 Å². The van der Waals surface area contributed by atoms with Crippen LogP contribution in [0.5, 0.6) is 0 Å². The number of anilines is 2. The SMILES string of the molecule is CCCNc1cc([N+](=O)[O-])cc(NCc2ncc(C)o2)n1. The smallest absolute Gasteiger partial charge is 0.276 e. The Bertz CT molecular complexity index is 626. The van der Waals surface area contributed by atoms with Crippen molar-refractivity contribution >= 4 is 17.3 Å². The van der Waals surface area contributed by atoms with Crippen LogP contribution in [0.4, 0.5) is 17.3 Å². The van der Waals surface area contributed by atoms with Gasteiger partial charge >= 0.3 is 0 Å². The molecule has 112 valence electrons. The number of nitrogens with one attached hydrogen (secondary N) is 2. The average molecular weight is 291 g/mol. The van der Waals surface area contributed by atoms with Gasteiger partial charge in [-0.1, -0.05) is 6.92 Å². The van der Waals surface area contributed by atoms with Gasteiger partial charge in [-0.05, 0) is 13.3 Å². The number of nitro groups is 1. The fourth-order valence-electron chi connectivity index (χ4n) is 1.71. The van der Waals surface area contributed by atoms with Crippen LogP contribution in [0.25, 0.3) is 0 Å². The minimum Gasteiger partial charge on any atom is -0.444 e. The molecule has 2 aromatic rings. The number of oxazole rings is 1. The van der Waals surface area contributed by atoms with E-state index in [1.165, 1.54) is 12.1 Å². The van der Waals surface area contributed by atoms with Crippen LogP contribution in [0.15, 0.2) is 22.7 Å². The maximum atomic E-state index is 10.9. The zero-order valence-electron chi connectivity index (χ0n) is 11.9. The van der Waals surface area contributed by atoms with Gasteiger partial charge in [-0.3, -0.25) is 10.1 Å². The Morgan fingerprint density at radius 2 is 2.05 bits per heavy atom. The first-order valence-electron chi connectivity index (χ1n) is 6.64. The first-order valence-corrected chi connectivity index (χ1v) is 6.64. The van der Waals surface area contributed by atoms with Crippen LogP contribution in [0.3, 0.4) is 0 Å². The molecule has 2 rings (SSSR count). The van der Waals surface area contributed by atoms with Gasteiger partial charge in [-0.15, -0.1) is 0 Å². The van der Waals surface area contributed by atoms with Crippen LogP contribution in [0, 0.1) is 17.0 Å². The number of hydrogen-bond donors (Lipinski definition) is 2. The molecular weight excluding hydrogens is 274 g/mol. The molecule has 0 aromatic carbocycles. The summed E-state index contributed by atoms with van der Waals surface area (Å²) in [5.41, 5.74) is -0.0188. The van der Waals surface area contributed by atoms with Crippen LogP contribution >= 0.6 is 0 Å². The van der Waals surface area contributed by atoms with Crippen molar-refractivity contribution in [2.45, 2.75) is 26.8 Å². The van der Waals surface area contributed by atoms with Crippen LogP contribution in [0.2, 0.25) is 0 Å². The molecule has 0 amide bonds. The second-order valence-corrected chi connectivity index (χ2v) is 4.50. The minimum absolute atomic E-state index is 0.0188. The predicted octanol–water partition coefficient (Wildman–Crippen LogP) is 2.72. The van der Waals surface area contributed by atoms with Crippen molar-refractivity contribution in [2.75, 3.05) is 17.2 Å². The number of aryl methyl sites for hydroxylation is 1. The molecule has 2 N–H and O–H groups in total. The van der Waals surface area contributed by atoms with E-state index in [4.69, 9.17) is 4.42 Å². The zero-order chi connectivity index (χ0) is 15.2. The molecule has 0 spiro atoms. The monoisotopic (exact) mass is 291 g/mol. The lowest BCUT2D eigenvalue weighted by atomic mass is 10.3. The first-order chi connectivity index (χ1) is 10.1. The van der Waals surface area contributed by atoms with Gasteiger partial charge in [0.1, 0.15) is 17.4 Å². The summed E-state index contributed by atoms with van der Waals surface area (Å²) in [6, 6.07) is 2.79. The second kappa shape index (κ2) is 6.69. The Morgan fingerprint density at radius 3 is 2.62 bits per heavy atom. The summed E-state index contributed by atoms with van der Waals surface area (Å²) in [6.45, 7) is 4.82. The number of nitrogens with zero attached hydrogens (tertiary/aromatic N) is 3. The van der Waals surface area contributed by atoms with Crippen molar-refractivity contribution in [3.05, 3.63) is 40.1 Å². The molecule has 21 heavy (non-hydrogen) atoms. The van der Waals surface area contributed by atoms with Crippen molar-refractivity contribution < 1.29 is 9.34 Å². The molecule has 8 heteroatoms. The summed E-state index contributed by atoms with van der Waals surface area (Å²) in [5, 5.41) is 17.0. The largest absolute Gasteiger partial charge is 0.444 e. The minimum atomic E-state index is -0.445. The van der Waals surface area contributed by atoms with Crippen LogP contribution in [-0.2, 0) is 6.54 Å². The summed E-state index contributed by atoms with van der Waals surface area (Å²) < 4.78 is 5.33. The number of pyridine rings is 1. The molecule has 2 heterocycles. The van der Waals surface area contributed by atoms with Gasteiger partial charge in [-0.2, -0.15) is 0 Å². The molecule has 2 aromatic heterocycles. The van der Waals surface area contributed by atoms with E-state index < -0.39 is 4.92 Å². The highest BCUT2D eigenvalue weighted by atomic mass is 16.6. The van der Waals surface area contributed by atoms with Crippen molar-refractivity contribution in [3.63, 3.8) is 0 Å². The quantitative estimate of drug-likeness (QED) is 0.596. The molecule has 0 unspecified atom stereocenters. The van der Waals surface area contributed by atoms with Gasteiger partial charge in [0.2, 0.25) is 5.89 Å². The standard InChI is InChI=1S/C13H17N5O3/c1-3-4-14-11-5-10(18(19)20)6-12(17-11)15-8-13-16-7-9(2)21-13/h5-7H,3-4,8H2,1-2H3,(H2,14,15,17). The normalized spacial score (nSPS) is 10.4. The van der Waals surface area contributed by atoms with Gasteiger partial charge < -0.3 is 15.1 Å². The van der Waals surface area contributed by atoms with Crippen molar-refractivity contribution in [3.8, 4) is 0 Å². The van der Waals surface area contributed by atoms with Crippen LogP contribution < -0.4 is 10.6 Å². The van der Waals surface area contributed by atoms with E-state index in [-0.39, 0.29) is 5.69 Å². The van der Waals surface area contributed by atoms with Gasteiger partial charge in [0.05, 0.1) is 29.8 Å². The summed E-state index contributed by atoms with van der Waals surface area (Å²) >= 11 is 0. The molecule has 8 nitrogen and oxygen atoms in total. The fraction of sp³-hybridized carbons (Fsp3) is 0.385. The Labute approximate surface area is 121 Å². The number of hydrogen-bond acceptors (Lipinski definition) is 7. The lowest BCUT2D eigenvalue weighted by molar-refractivity contribution is -0.384. The van der Waals surface area contributed by atoms with Crippen molar-refractivity contribution in [1.82, 2.24) is 9.97 Å². The van der Waals surface area contributed by atoms with E-state index in [2.05, 4.69) is 20.6 Å². The summed E-state index contributed by atoms with van der Waals surface area (Å²) in [7, 11) is 0. The third kappa shape index (κ3) is 4.16. The van der Waals surface area contributed by atoms with E-state index in [0.717, 1.165) is 6.42 Å². The summed E-state index contributed by atoms with van der Waals surface area (Å²) in [4.78, 5) is 18.8. The summed E-state index contributed by atoms with van der Waals surface area (Å²) in [5.74, 6) is 2.09.